The molecule has 5 aromatic rings. The Kier molecular flexibility index (Phi) is 8.51. The topological polar surface area (TPSA) is 91.4 Å². The predicted octanol–water partition coefficient (Wildman–Crippen LogP) is 7.27. The molecule has 0 aliphatic carbocycles. The van der Waals surface area contributed by atoms with E-state index in [1.165, 1.54) is 0 Å². The summed E-state index contributed by atoms with van der Waals surface area (Å²) in [6.07, 6.45) is 1.74. The summed E-state index contributed by atoms with van der Waals surface area (Å²) in [6, 6.07) is 21.8. The van der Waals surface area contributed by atoms with E-state index in [-0.39, 0.29) is 4.91 Å². The molecule has 3 aromatic carbocycles. The van der Waals surface area contributed by atoms with E-state index in [0.29, 0.717) is 35.6 Å². The van der Waals surface area contributed by atoms with Gasteiger partial charge >= 0.3 is 5.97 Å². The number of rotatable bonds is 10. The molecule has 0 amide bonds. The van der Waals surface area contributed by atoms with Crippen molar-refractivity contribution in [3.8, 4) is 22.9 Å². The van der Waals surface area contributed by atoms with Gasteiger partial charge in [0.25, 0.3) is 0 Å². The highest BCUT2D eigenvalue weighted by atomic mass is 79.9. The zero-order chi connectivity index (χ0) is 29.1. The molecule has 2 heterocycles. The molecule has 0 aliphatic heterocycles. The summed E-state index contributed by atoms with van der Waals surface area (Å²) in [6.45, 7) is 5.21. The van der Waals surface area contributed by atoms with Gasteiger partial charge in [-0.05, 0) is 67.6 Å². The van der Waals surface area contributed by atoms with Gasteiger partial charge in [-0.15, -0.1) is 10.2 Å². The molecule has 8 nitrogen and oxygen atoms in total. The summed E-state index contributed by atoms with van der Waals surface area (Å²) in [7, 11) is 3.18. The lowest BCUT2D eigenvalue weighted by molar-refractivity contribution is -0.131. The van der Waals surface area contributed by atoms with Crippen LogP contribution in [0.5, 0.6) is 11.5 Å². The third-order valence-corrected chi connectivity index (χ3v) is 8.39. The number of methoxy groups -OCH3 is 2. The first kappa shape index (κ1) is 28.5. The quantitative estimate of drug-likeness (QED) is 0.128. The van der Waals surface area contributed by atoms with Crippen LogP contribution in [0.2, 0.25) is 0 Å². The van der Waals surface area contributed by atoms with E-state index >= 15 is 0 Å². The van der Waals surface area contributed by atoms with Crippen LogP contribution in [0.25, 0.3) is 28.4 Å². The fourth-order valence-corrected chi connectivity index (χ4v) is 5.91. The van der Waals surface area contributed by atoms with Crippen LogP contribution in [-0.4, -0.2) is 44.6 Å². The second-order valence-corrected chi connectivity index (χ2v) is 11.2. The molecule has 0 fully saturated rings. The van der Waals surface area contributed by atoms with Gasteiger partial charge in [0.05, 0.1) is 14.2 Å². The molecule has 0 unspecified atom stereocenters. The van der Waals surface area contributed by atoms with E-state index in [1.54, 1.807) is 26.4 Å². The monoisotopic (exact) mass is 632 g/mol. The molecule has 0 radical (unpaired) electrons. The van der Waals surface area contributed by atoms with Crippen LogP contribution in [-0.2, 0) is 17.9 Å². The minimum atomic E-state index is -1.03. The highest BCUT2D eigenvalue weighted by molar-refractivity contribution is 9.10. The summed E-state index contributed by atoms with van der Waals surface area (Å²) >= 11 is 4.58. The summed E-state index contributed by atoms with van der Waals surface area (Å²) < 4.78 is 16.0. The van der Waals surface area contributed by atoms with E-state index < -0.39 is 5.97 Å². The Morgan fingerprint density at radius 2 is 1.68 bits per heavy atom. The second-order valence-electron chi connectivity index (χ2n) is 9.30. The molecule has 210 valence electrons. The van der Waals surface area contributed by atoms with Crippen molar-refractivity contribution in [2.75, 3.05) is 14.2 Å². The number of carboxylic acid groups (broad SMARTS) is 1. The number of halogens is 1. The van der Waals surface area contributed by atoms with Crippen LogP contribution in [0.3, 0.4) is 0 Å². The molecular formula is C31H29BrN4O4S. The maximum atomic E-state index is 12.5. The lowest BCUT2D eigenvalue weighted by atomic mass is 10.1. The summed E-state index contributed by atoms with van der Waals surface area (Å²) in [5.41, 5.74) is 4.80. The third-order valence-electron chi connectivity index (χ3n) is 6.86. The maximum absolute atomic E-state index is 12.5. The number of benzene rings is 3. The molecule has 0 aliphatic rings. The Labute approximate surface area is 250 Å². The van der Waals surface area contributed by atoms with Gasteiger partial charge in [0.15, 0.2) is 11.0 Å². The van der Waals surface area contributed by atoms with Gasteiger partial charge in [0.1, 0.15) is 16.4 Å². The highest BCUT2D eigenvalue weighted by Crippen LogP contribution is 2.36. The molecule has 0 saturated heterocycles. The van der Waals surface area contributed by atoms with Gasteiger partial charge in [-0.1, -0.05) is 46.3 Å². The molecule has 0 bridgehead atoms. The predicted molar refractivity (Wildman–Crippen MR) is 166 cm³/mol. The summed E-state index contributed by atoms with van der Waals surface area (Å²) in [5, 5.41) is 20.5. The van der Waals surface area contributed by atoms with Crippen molar-refractivity contribution in [2.45, 2.75) is 32.1 Å². The van der Waals surface area contributed by atoms with Crippen LogP contribution in [0, 0.1) is 6.92 Å². The minimum Gasteiger partial charge on any atom is -0.497 e. The average Bonchev–Trinajstić information content (AvgIpc) is 3.51. The molecule has 0 saturated carbocycles. The number of ether oxygens (including phenoxy) is 2. The SMILES string of the molecule is CCn1c(S/C(=C\c2c(C)n(Cc3ccc(Br)cc3)c3ccccc23)C(=O)O)nnc1-c1cc(OC)cc(OC)c1. The number of aromatic nitrogens is 4. The lowest BCUT2D eigenvalue weighted by Crippen LogP contribution is -2.04. The van der Waals surface area contributed by atoms with Gasteiger partial charge in [-0.3, -0.25) is 0 Å². The second kappa shape index (κ2) is 12.2. The van der Waals surface area contributed by atoms with E-state index in [9.17, 15) is 9.90 Å². The van der Waals surface area contributed by atoms with Gasteiger partial charge in [0.2, 0.25) is 0 Å². The van der Waals surface area contributed by atoms with Crippen LogP contribution in [0.1, 0.15) is 23.7 Å². The smallest absolute Gasteiger partial charge is 0.342 e. The number of nitrogens with zero attached hydrogens (tertiary/aromatic N) is 4. The molecule has 0 atom stereocenters. The molecule has 41 heavy (non-hydrogen) atoms. The van der Waals surface area contributed by atoms with E-state index in [0.717, 1.165) is 49.5 Å². The normalized spacial score (nSPS) is 11.7. The number of carboxylic acids is 1. The van der Waals surface area contributed by atoms with Gasteiger partial charge in [0, 0.05) is 51.4 Å². The van der Waals surface area contributed by atoms with Crippen LogP contribution < -0.4 is 9.47 Å². The lowest BCUT2D eigenvalue weighted by Gasteiger charge is -2.11. The molecule has 10 heteroatoms. The Bertz CT molecular complexity index is 1740. The van der Waals surface area contributed by atoms with Crippen LogP contribution in [0.15, 0.2) is 81.3 Å². The van der Waals surface area contributed by atoms with Gasteiger partial charge in [-0.25, -0.2) is 4.79 Å². The Balaban J connectivity index is 1.55. The maximum Gasteiger partial charge on any atom is 0.342 e. The number of fused-ring (bicyclic) bond motifs is 1. The number of thioether (sulfide) groups is 1. The standard InChI is InChI=1S/C31H29BrN4O4S/c1-5-35-29(21-14-23(39-3)16-24(15-21)40-4)33-34-31(35)41-28(30(37)38)17-26-19(2)36(27-9-7-6-8-25(26)27)18-20-10-12-22(32)13-11-20/h6-17H,5,18H2,1-4H3,(H,37,38)/b28-17-. The van der Waals surface area contributed by atoms with Crippen molar-refractivity contribution >= 4 is 50.6 Å². The Hall–Kier alpha value is -4.02. The van der Waals surface area contributed by atoms with Crippen molar-refractivity contribution < 1.29 is 19.4 Å². The number of hydrogen-bond acceptors (Lipinski definition) is 6. The average molecular weight is 634 g/mol. The van der Waals surface area contributed by atoms with Crippen molar-refractivity contribution in [3.05, 3.63) is 92.9 Å². The van der Waals surface area contributed by atoms with E-state index in [1.807, 2.05) is 60.9 Å². The van der Waals surface area contributed by atoms with Crippen molar-refractivity contribution in [1.29, 1.82) is 0 Å². The summed E-state index contributed by atoms with van der Waals surface area (Å²) in [5.74, 6) is 0.814. The zero-order valence-electron chi connectivity index (χ0n) is 23.1. The van der Waals surface area contributed by atoms with Crippen LogP contribution in [0.4, 0.5) is 0 Å². The molecule has 2 aromatic heterocycles. The first-order chi connectivity index (χ1) is 19.8. The molecular weight excluding hydrogens is 604 g/mol. The van der Waals surface area contributed by atoms with Crippen molar-refractivity contribution in [1.82, 2.24) is 19.3 Å². The molecule has 1 N–H and O–H groups in total. The van der Waals surface area contributed by atoms with E-state index in [4.69, 9.17) is 9.47 Å². The number of hydrogen-bond donors (Lipinski definition) is 1. The third kappa shape index (κ3) is 5.89. The van der Waals surface area contributed by atoms with Crippen molar-refractivity contribution in [3.63, 3.8) is 0 Å². The highest BCUT2D eigenvalue weighted by Gasteiger charge is 2.21. The first-order valence-corrected chi connectivity index (χ1v) is 14.6. The largest absolute Gasteiger partial charge is 0.497 e. The fourth-order valence-electron chi connectivity index (χ4n) is 4.78. The Morgan fingerprint density at radius 3 is 2.32 bits per heavy atom. The molecule has 0 spiro atoms. The van der Waals surface area contributed by atoms with Crippen molar-refractivity contribution in [2.24, 2.45) is 0 Å². The van der Waals surface area contributed by atoms with Crippen LogP contribution >= 0.6 is 27.7 Å². The van der Waals surface area contributed by atoms with Gasteiger partial charge in [-0.2, -0.15) is 0 Å². The molecule has 5 rings (SSSR count). The minimum absolute atomic E-state index is 0.150. The number of para-hydroxylation sites is 1. The van der Waals surface area contributed by atoms with E-state index in [2.05, 4.69) is 48.9 Å². The zero-order valence-corrected chi connectivity index (χ0v) is 25.5. The Morgan fingerprint density at radius 1 is 1.00 bits per heavy atom. The number of aliphatic carboxylic acids is 1. The number of carbonyl (C=O) groups is 1. The summed E-state index contributed by atoms with van der Waals surface area (Å²) in [4.78, 5) is 12.7. The first-order valence-electron chi connectivity index (χ1n) is 12.9. The van der Waals surface area contributed by atoms with Gasteiger partial charge < -0.3 is 23.7 Å². The fraction of sp³-hybridized carbons (Fsp3) is 0.194.